The summed E-state index contributed by atoms with van der Waals surface area (Å²) in [4.78, 5) is 14.2. The highest BCUT2D eigenvalue weighted by Crippen LogP contribution is 2.35. The van der Waals surface area contributed by atoms with Crippen molar-refractivity contribution in [1.82, 2.24) is 10.2 Å². The minimum absolute atomic E-state index is 0.131. The van der Waals surface area contributed by atoms with Crippen LogP contribution in [0.3, 0.4) is 0 Å². The van der Waals surface area contributed by atoms with E-state index in [0.717, 1.165) is 18.9 Å². The molecule has 4 heteroatoms. The number of amides is 2. The van der Waals surface area contributed by atoms with Gasteiger partial charge in [-0.2, -0.15) is 0 Å². The smallest absolute Gasteiger partial charge is 0.317 e. The third-order valence-corrected chi connectivity index (χ3v) is 4.36. The first-order valence-corrected chi connectivity index (χ1v) is 7.47. The molecule has 0 bridgehead atoms. The molecule has 2 atom stereocenters. The van der Waals surface area contributed by atoms with Crippen molar-refractivity contribution in [1.29, 1.82) is 0 Å². The molecule has 1 saturated carbocycles. The summed E-state index contributed by atoms with van der Waals surface area (Å²) in [6, 6.07) is 0.639. The number of carbonyl (C=O) groups excluding carboxylic acids is 1. The summed E-state index contributed by atoms with van der Waals surface area (Å²) in [6.07, 6.45) is 8.49. The molecule has 1 heterocycles. The zero-order valence-electron chi connectivity index (χ0n) is 10.5. The average molecular weight is 259 g/mol. The van der Waals surface area contributed by atoms with Gasteiger partial charge in [0, 0.05) is 25.0 Å². The summed E-state index contributed by atoms with van der Waals surface area (Å²) >= 11 is 5.62. The molecule has 2 aliphatic rings. The third-order valence-electron chi connectivity index (χ3n) is 4.09. The molecule has 0 aromatic carbocycles. The van der Waals surface area contributed by atoms with Crippen LogP contribution in [0.4, 0.5) is 4.79 Å². The van der Waals surface area contributed by atoms with Gasteiger partial charge in [0.15, 0.2) is 0 Å². The molecule has 1 aliphatic heterocycles. The standard InChI is InChI=1S/C13H23ClN2O/c14-8-4-9-15-13(17)16-10-3-6-11-5-1-2-7-12(11)16/h11-12H,1-10H2,(H,15,17). The van der Waals surface area contributed by atoms with Gasteiger partial charge in [-0.15, -0.1) is 11.6 Å². The molecule has 2 amide bonds. The van der Waals surface area contributed by atoms with Crippen LogP contribution in [0.15, 0.2) is 0 Å². The number of hydrogen-bond donors (Lipinski definition) is 1. The predicted molar refractivity (Wildman–Crippen MR) is 70.4 cm³/mol. The zero-order valence-corrected chi connectivity index (χ0v) is 11.2. The molecule has 2 fully saturated rings. The Balaban J connectivity index is 1.87. The number of fused-ring (bicyclic) bond motifs is 1. The van der Waals surface area contributed by atoms with Crippen LogP contribution < -0.4 is 5.32 Å². The summed E-state index contributed by atoms with van der Waals surface area (Å²) < 4.78 is 0. The first-order valence-electron chi connectivity index (χ1n) is 6.93. The molecule has 1 N–H and O–H groups in total. The number of nitrogens with one attached hydrogen (secondary N) is 1. The van der Waals surface area contributed by atoms with Crippen molar-refractivity contribution >= 4 is 17.6 Å². The van der Waals surface area contributed by atoms with Crippen molar-refractivity contribution in [2.45, 2.75) is 51.0 Å². The maximum atomic E-state index is 12.1. The van der Waals surface area contributed by atoms with E-state index >= 15 is 0 Å². The van der Waals surface area contributed by atoms with Crippen molar-refractivity contribution in [2.24, 2.45) is 5.92 Å². The van der Waals surface area contributed by atoms with E-state index in [-0.39, 0.29) is 6.03 Å². The number of likely N-dealkylation sites (tertiary alicyclic amines) is 1. The second-order valence-electron chi connectivity index (χ2n) is 5.22. The molecule has 3 nitrogen and oxygen atoms in total. The molecule has 1 saturated heterocycles. The van der Waals surface area contributed by atoms with Gasteiger partial charge >= 0.3 is 6.03 Å². The fourth-order valence-corrected chi connectivity index (χ4v) is 3.37. The van der Waals surface area contributed by atoms with E-state index < -0.39 is 0 Å². The van der Waals surface area contributed by atoms with Gasteiger partial charge in [0.25, 0.3) is 0 Å². The average Bonchev–Trinajstić information content (AvgIpc) is 2.38. The second-order valence-corrected chi connectivity index (χ2v) is 5.60. The van der Waals surface area contributed by atoms with Crippen LogP contribution in [0.25, 0.3) is 0 Å². The van der Waals surface area contributed by atoms with Gasteiger partial charge in [-0.05, 0) is 38.0 Å². The highest BCUT2D eigenvalue weighted by Gasteiger charge is 2.35. The Hall–Kier alpha value is -0.440. The van der Waals surface area contributed by atoms with Crippen molar-refractivity contribution in [3.63, 3.8) is 0 Å². The molecule has 17 heavy (non-hydrogen) atoms. The van der Waals surface area contributed by atoms with E-state index in [9.17, 15) is 4.79 Å². The van der Waals surface area contributed by atoms with E-state index in [2.05, 4.69) is 10.2 Å². The summed E-state index contributed by atoms with van der Waals surface area (Å²) in [6.45, 7) is 1.64. The zero-order chi connectivity index (χ0) is 12.1. The molecule has 0 radical (unpaired) electrons. The van der Waals surface area contributed by atoms with E-state index in [0.29, 0.717) is 18.5 Å². The first kappa shape index (κ1) is 13.0. The van der Waals surface area contributed by atoms with E-state index in [1.165, 1.54) is 38.5 Å². The van der Waals surface area contributed by atoms with Crippen LogP contribution >= 0.6 is 11.6 Å². The van der Waals surface area contributed by atoms with E-state index in [1.807, 2.05) is 0 Å². The van der Waals surface area contributed by atoms with Crippen LogP contribution in [0, 0.1) is 5.92 Å². The van der Waals surface area contributed by atoms with Crippen molar-refractivity contribution in [2.75, 3.05) is 19.0 Å². The lowest BCUT2D eigenvalue weighted by atomic mass is 9.78. The normalized spacial score (nSPS) is 28.6. The third kappa shape index (κ3) is 3.27. The lowest BCUT2D eigenvalue weighted by Crippen LogP contribution is -2.53. The molecule has 0 aromatic rings. The molecular weight excluding hydrogens is 236 g/mol. The number of carbonyl (C=O) groups is 1. The van der Waals surface area contributed by atoms with Gasteiger partial charge in [0.2, 0.25) is 0 Å². The van der Waals surface area contributed by atoms with Crippen LogP contribution in [0.1, 0.15) is 44.9 Å². The van der Waals surface area contributed by atoms with Crippen molar-refractivity contribution < 1.29 is 4.79 Å². The van der Waals surface area contributed by atoms with Gasteiger partial charge in [0.1, 0.15) is 0 Å². The number of hydrogen-bond acceptors (Lipinski definition) is 1. The molecule has 2 rings (SSSR count). The van der Waals surface area contributed by atoms with Crippen LogP contribution in [0.5, 0.6) is 0 Å². The molecule has 0 spiro atoms. The number of rotatable bonds is 3. The van der Waals surface area contributed by atoms with Crippen molar-refractivity contribution in [3.05, 3.63) is 0 Å². The van der Waals surface area contributed by atoms with Crippen LogP contribution in [-0.2, 0) is 0 Å². The maximum absolute atomic E-state index is 12.1. The first-order chi connectivity index (χ1) is 8.33. The molecule has 1 aliphatic carbocycles. The molecular formula is C13H23ClN2O. The SMILES string of the molecule is O=C(NCCCCl)N1CCCC2CCCCC21. The number of piperidine rings is 1. The van der Waals surface area contributed by atoms with Crippen molar-refractivity contribution in [3.8, 4) is 0 Å². The Morgan fingerprint density at radius 1 is 1.24 bits per heavy atom. The fourth-order valence-electron chi connectivity index (χ4n) is 3.24. The quantitative estimate of drug-likeness (QED) is 0.613. The highest BCUT2D eigenvalue weighted by atomic mass is 35.5. The largest absolute Gasteiger partial charge is 0.338 e. The van der Waals surface area contributed by atoms with Crippen LogP contribution in [-0.4, -0.2) is 35.9 Å². The number of alkyl halides is 1. The van der Waals surface area contributed by atoms with Gasteiger partial charge < -0.3 is 10.2 Å². The topological polar surface area (TPSA) is 32.3 Å². The summed E-state index contributed by atoms with van der Waals surface area (Å²) in [5.41, 5.74) is 0. The Morgan fingerprint density at radius 3 is 2.82 bits per heavy atom. The summed E-state index contributed by atoms with van der Waals surface area (Å²) in [5, 5.41) is 2.99. The van der Waals surface area contributed by atoms with Gasteiger partial charge in [-0.25, -0.2) is 4.79 Å². The fraction of sp³-hybridized carbons (Fsp3) is 0.923. The van der Waals surface area contributed by atoms with E-state index in [1.54, 1.807) is 0 Å². The Kier molecular flexibility index (Phi) is 4.96. The number of urea groups is 1. The molecule has 2 unspecified atom stereocenters. The molecule has 0 aromatic heterocycles. The summed E-state index contributed by atoms with van der Waals surface area (Å²) in [5.74, 6) is 1.38. The van der Waals surface area contributed by atoms with Gasteiger partial charge in [0.05, 0.1) is 0 Å². The minimum atomic E-state index is 0.131. The number of nitrogens with zero attached hydrogens (tertiary/aromatic N) is 1. The maximum Gasteiger partial charge on any atom is 0.317 e. The Labute approximate surface area is 109 Å². The summed E-state index contributed by atoms with van der Waals surface area (Å²) in [7, 11) is 0. The van der Waals surface area contributed by atoms with Gasteiger partial charge in [-0.1, -0.05) is 12.8 Å². The lowest BCUT2D eigenvalue weighted by Gasteiger charge is -2.44. The van der Waals surface area contributed by atoms with Gasteiger partial charge in [-0.3, -0.25) is 0 Å². The highest BCUT2D eigenvalue weighted by molar-refractivity contribution is 6.17. The monoisotopic (exact) mass is 258 g/mol. The predicted octanol–water partition coefficient (Wildman–Crippen LogP) is 2.98. The van der Waals surface area contributed by atoms with Crippen LogP contribution in [0.2, 0.25) is 0 Å². The second kappa shape index (κ2) is 6.48. The Morgan fingerprint density at radius 2 is 2.00 bits per heavy atom. The lowest BCUT2D eigenvalue weighted by molar-refractivity contribution is 0.0843. The Bertz CT molecular complexity index is 258. The van der Waals surface area contributed by atoms with E-state index in [4.69, 9.17) is 11.6 Å². The number of halogens is 1. The minimum Gasteiger partial charge on any atom is -0.338 e. The molecule has 98 valence electrons.